The van der Waals surface area contributed by atoms with Gasteiger partial charge in [0.2, 0.25) is 4.77 Å². The van der Waals surface area contributed by atoms with E-state index in [9.17, 15) is 0 Å². The first-order chi connectivity index (χ1) is 10.3. The Kier molecular flexibility index (Phi) is 3.58. The van der Waals surface area contributed by atoms with Crippen molar-refractivity contribution >= 4 is 29.2 Å². The lowest BCUT2D eigenvalue weighted by Gasteiger charge is -2.01. The van der Waals surface area contributed by atoms with Crippen molar-refractivity contribution in [2.45, 2.75) is 6.42 Å². The smallest absolute Gasteiger partial charge is 0.216 e. The van der Waals surface area contributed by atoms with Gasteiger partial charge in [-0.2, -0.15) is 20.1 Å². The molecule has 5 nitrogen and oxygen atoms in total. The minimum Gasteiger partial charge on any atom is -0.250 e. The fourth-order valence-corrected chi connectivity index (χ4v) is 2.31. The van der Waals surface area contributed by atoms with E-state index in [0.717, 1.165) is 16.3 Å². The van der Waals surface area contributed by atoms with Crippen LogP contribution in [0.15, 0.2) is 47.6 Å². The highest BCUT2D eigenvalue weighted by Crippen LogP contribution is 2.17. The summed E-state index contributed by atoms with van der Waals surface area (Å²) in [6.07, 6.45) is 1.88. The second kappa shape index (κ2) is 5.69. The second-order valence-corrected chi connectivity index (χ2v) is 4.79. The highest BCUT2D eigenvalue weighted by molar-refractivity contribution is 7.71. The molecule has 0 saturated carbocycles. The molecular formula is C15H11N5S. The van der Waals surface area contributed by atoms with Crippen LogP contribution >= 0.6 is 12.2 Å². The van der Waals surface area contributed by atoms with Gasteiger partial charge in [-0.15, -0.1) is 0 Å². The van der Waals surface area contributed by atoms with Crippen LogP contribution in [0.3, 0.4) is 0 Å². The highest BCUT2D eigenvalue weighted by Gasteiger charge is 2.04. The lowest BCUT2D eigenvalue weighted by atomic mass is 10.1. The Balaban J connectivity index is 2.05. The molecule has 2 aromatic carbocycles. The average Bonchev–Trinajstić information content (AvgIpc) is 2.86. The summed E-state index contributed by atoms with van der Waals surface area (Å²) in [5.41, 5.74) is 0.985. The molecule has 1 N–H and O–H groups in total. The third-order valence-electron chi connectivity index (χ3n) is 3.09. The van der Waals surface area contributed by atoms with E-state index < -0.39 is 0 Å². The molecule has 0 bridgehead atoms. The van der Waals surface area contributed by atoms with E-state index in [1.165, 1.54) is 4.68 Å². The van der Waals surface area contributed by atoms with E-state index in [2.05, 4.69) is 27.4 Å². The number of nitrogens with one attached hydrogen (secondary N) is 1. The monoisotopic (exact) mass is 293 g/mol. The van der Waals surface area contributed by atoms with Gasteiger partial charge in [0.05, 0.1) is 18.7 Å². The van der Waals surface area contributed by atoms with Crippen LogP contribution in [0.25, 0.3) is 10.8 Å². The van der Waals surface area contributed by atoms with Crippen LogP contribution in [0.5, 0.6) is 0 Å². The first kappa shape index (κ1) is 13.2. The Morgan fingerprint density at radius 3 is 2.95 bits per heavy atom. The van der Waals surface area contributed by atoms with E-state index in [0.29, 0.717) is 10.6 Å². The molecule has 21 heavy (non-hydrogen) atoms. The van der Waals surface area contributed by atoms with Crippen LogP contribution in [0.4, 0.5) is 0 Å². The van der Waals surface area contributed by atoms with E-state index >= 15 is 0 Å². The lowest BCUT2D eigenvalue weighted by Crippen LogP contribution is -1.98. The van der Waals surface area contributed by atoms with Crippen molar-refractivity contribution < 1.29 is 0 Å². The summed E-state index contributed by atoms with van der Waals surface area (Å²) in [6.45, 7) is 0. The molecule has 102 valence electrons. The second-order valence-electron chi connectivity index (χ2n) is 4.40. The third kappa shape index (κ3) is 2.59. The van der Waals surface area contributed by atoms with Crippen LogP contribution in [0, 0.1) is 16.1 Å². The van der Waals surface area contributed by atoms with Gasteiger partial charge in [0.15, 0.2) is 5.82 Å². The number of rotatable bonds is 3. The minimum atomic E-state index is 0.153. The number of hydrogen-bond acceptors (Lipinski definition) is 4. The predicted octanol–water partition coefficient (Wildman–Crippen LogP) is 3.04. The zero-order chi connectivity index (χ0) is 14.7. The Morgan fingerprint density at radius 2 is 2.10 bits per heavy atom. The molecule has 0 aliphatic rings. The van der Waals surface area contributed by atoms with Gasteiger partial charge in [-0.05, 0) is 23.0 Å². The standard InChI is InChI=1S/C15H11N5S/c16-9-8-14-18-19-15(21)20(14)17-10-12-6-3-5-11-4-1-2-7-13(11)12/h1-7,10H,8H2,(H,19,21)/b17-10+. The number of hydrogen-bond donors (Lipinski definition) is 1. The zero-order valence-electron chi connectivity index (χ0n) is 11.0. The summed E-state index contributed by atoms with van der Waals surface area (Å²) in [7, 11) is 0. The van der Waals surface area contributed by atoms with Crippen molar-refractivity contribution in [2.75, 3.05) is 0 Å². The van der Waals surface area contributed by atoms with Gasteiger partial charge in [-0.1, -0.05) is 42.5 Å². The van der Waals surface area contributed by atoms with Crippen LogP contribution < -0.4 is 0 Å². The topological polar surface area (TPSA) is 69.8 Å². The van der Waals surface area contributed by atoms with Gasteiger partial charge in [0.1, 0.15) is 0 Å². The number of aromatic nitrogens is 3. The molecule has 0 radical (unpaired) electrons. The molecule has 3 aromatic rings. The molecule has 0 atom stereocenters. The van der Waals surface area contributed by atoms with Crippen LogP contribution in [0.1, 0.15) is 11.4 Å². The summed E-state index contributed by atoms with van der Waals surface area (Å²) >= 11 is 5.12. The number of aromatic amines is 1. The molecule has 1 heterocycles. The van der Waals surface area contributed by atoms with Crippen molar-refractivity contribution in [3.8, 4) is 6.07 Å². The fourth-order valence-electron chi connectivity index (χ4n) is 2.11. The first-order valence-corrected chi connectivity index (χ1v) is 6.76. The normalized spacial score (nSPS) is 11.0. The Labute approximate surface area is 126 Å². The van der Waals surface area contributed by atoms with Crippen molar-refractivity contribution in [3.63, 3.8) is 0 Å². The minimum absolute atomic E-state index is 0.153. The quantitative estimate of drug-likeness (QED) is 0.596. The Morgan fingerprint density at radius 1 is 1.29 bits per heavy atom. The average molecular weight is 293 g/mol. The summed E-state index contributed by atoms with van der Waals surface area (Å²) in [4.78, 5) is 0. The number of nitriles is 1. The molecule has 3 rings (SSSR count). The van der Waals surface area contributed by atoms with Crippen molar-refractivity contribution in [1.82, 2.24) is 14.9 Å². The molecule has 0 amide bonds. The molecule has 1 aromatic heterocycles. The van der Waals surface area contributed by atoms with Crippen molar-refractivity contribution in [1.29, 1.82) is 5.26 Å². The predicted molar refractivity (Wildman–Crippen MR) is 83.7 cm³/mol. The van der Waals surface area contributed by atoms with E-state index in [-0.39, 0.29) is 6.42 Å². The molecule has 0 aliphatic carbocycles. The van der Waals surface area contributed by atoms with Crippen molar-refractivity contribution in [3.05, 3.63) is 58.6 Å². The first-order valence-electron chi connectivity index (χ1n) is 6.35. The fraction of sp³-hybridized carbons (Fsp3) is 0.0667. The van der Waals surface area contributed by atoms with Crippen LogP contribution in [-0.2, 0) is 6.42 Å². The molecule has 0 fully saturated rings. The molecule has 0 aliphatic heterocycles. The van der Waals surface area contributed by atoms with Gasteiger partial charge in [0.25, 0.3) is 0 Å². The van der Waals surface area contributed by atoms with Gasteiger partial charge >= 0.3 is 0 Å². The summed E-state index contributed by atoms with van der Waals surface area (Å²) in [5.74, 6) is 0.499. The maximum atomic E-state index is 8.78. The Hall–Kier alpha value is -2.78. The maximum Gasteiger partial charge on any atom is 0.216 e. The molecular weight excluding hydrogens is 282 g/mol. The number of fused-ring (bicyclic) bond motifs is 1. The number of H-pyrrole nitrogens is 1. The van der Waals surface area contributed by atoms with Crippen molar-refractivity contribution in [2.24, 2.45) is 5.10 Å². The van der Waals surface area contributed by atoms with Crippen LogP contribution in [0.2, 0.25) is 0 Å². The Bertz CT molecular complexity index is 908. The SMILES string of the molecule is N#CCc1n[nH]c(=S)n1/N=C/c1cccc2ccccc12. The molecule has 0 saturated heterocycles. The van der Waals surface area contributed by atoms with E-state index in [1.807, 2.05) is 36.4 Å². The molecule has 0 spiro atoms. The zero-order valence-corrected chi connectivity index (χ0v) is 11.8. The number of benzene rings is 2. The maximum absolute atomic E-state index is 8.78. The third-order valence-corrected chi connectivity index (χ3v) is 3.35. The largest absolute Gasteiger partial charge is 0.250 e. The van der Waals surface area contributed by atoms with Gasteiger partial charge in [-0.25, -0.2) is 0 Å². The molecule has 0 unspecified atom stereocenters. The van der Waals surface area contributed by atoms with Gasteiger partial charge in [-0.3, -0.25) is 5.10 Å². The number of nitrogens with zero attached hydrogens (tertiary/aromatic N) is 4. The van der Waals surface area contributed by atoms with Crippen LogP contribution in [-0.4, -0.2) is 21.1 Å². The van der Waals surface area contributed by atoms with E-state index in [4.69, 9.17) is 17.5 Å². The highest BCUT2D eigenvalue weighted by atomic mass is 32.1. The summed E-state index contributed by atoms with van der Waals surface area (Å²) in [5, 5.41) is 22.0. The van der Waals surface area contributed by atoms with Gasteiger partial charge in [0, 0.05) is 5.56 Å². The summed E-state index contributed by atoms with van der Waals surface area (Å²) in [6, 6.07) is 16.1. The molecule has 6 heteroatoms. The van der Waals surface area contributed by atoms with E-state index in [1.54, 1.807) is 6.21 Å². The summed E-state index contributed by atoms with van der Waals surface area (Å²) < 4.78 is 1.84. The van der Waals surface area contributed by atoms with Gasteiger partial charge < -0.3 is 0 Å². The lowest BCUT2D eigenvalue weighted by molar-refractivity contribution is 0.801.